The monoisotopic (exact) mass is 203 g/mol. The molecular formula is C10H9N3O2. The van der Waals surface area contributed by atoms with Crippen LogP contribution in [0.5, 0.6) is 5.88 Å². The summed E-state index contributed by atoms with van der Waals surface area (Å²) in [5.74, 6) is -0.204. The fourth-order valence-electron chi connectivity index (χ4n) is 1.13. The van der Waals surface area contributed by atoms with Gasteiger partial charge >= 0.3 is 5.69 Å². The number of aromatic nitrogens is 2. The summed E-state index contributed by atoms with van der Waals surface area (Å²) in [6.07, 6.45) is 2.75. The van der Waals surface area contributed by atoms with Crippen LogP contribution in [0.15, 0.2) is 46.4 Å². The maximum atomic E-state index is 11.1. The minimum absolute atomic E-state index is 0.204. The van der Waals surface area contributed by atoms with E-state index in [4.69, 9.17) is 5.11 Å². The molecule has 2 rings (SSSR count). The lowest BCUT2D eigenvalue weighted by atomic mass is 10.2. The first-order valence-electron chi connectivity index (χ1n) is 4.36. The average Bonchev–Trinajstić information content (AvgIpc) is 2.56. The summed E-state index contributed by atoms with van der Waals surface area (Å²) in [5, 5.41) is 12.9. The second-order valence-electron chi connectivity index (χ2n) is 2.94. The van der Waals surface area contributed by atoms with E-state index in [1.807, 2.05) is 30.3 Å². The summed E-state index contributed by atoms with van der Waals surface area (Å²) in [6.45, 7) is 0. The van der Waals surface area contributed by atoms with Gasteiger partial charge in [0.1, 0.15) is 0 Å². The van der Waals surface area contributed by atoms with Crippen molar-refractivity contribution in [2.75, 3.05) is 0 Å². The van der Waals surface area contributed by atoms with Crippen molar-refractivity contribution in [1.82, 2.24) is 9.66 Å². The largest absolute Gasteiger partial charge is 0.493 e. The normalized spacial score (nSPS) is 10.9. The van der Waals surface area contributed by atoms with Gasteiger partial charge in [0.25, 0.3) is 0 Å². The number of benzene rings is 1. The number of nitrogens with one attached hydrogen (secondary N) is 1. The molecule has 0 atom stereocenters. The zero-order valence-electron chi connectivity index (χ0n) is 7.79. The van der Waals surface area contributed by atoms with E-state index in [9.17, 15) is 4.79 Å². The second kappa shape index (κ2) is 3.83. The highest BCUT2D eigenvalue weighted by Gasteiger charge is 1.97. The predicted molar refractivity (Wildman–Crippen MR) is 56.2 cm³/mol. The summed E-state index contributed by atoms with van der Waals surface area (Å²) < 4.78 is 1.03. The van der Waals surface area contributed by atoms with Gasteiger partial charge < -0.3 is 5.11 Å². The molecule has 1 heterocycles. The van der Waals surface area contributed by atoms with Crippen molar-refractivity contribution < 1.29 is 5.11 Å². The van der Waals surface area contributed by atoms with Crippen LogP contribution in [0, 0.1) is 0 Å². The number of aromatic amines is 1. The first-order valence-corrected chi connectivity index (χ1v) is 4.36. The number of aromatic hydroxyl groups is 1. The highest BCUT2D eigenvalue weighted by atomic mass is 16.3. The number of rotatable bonds is 2. The third-order valence-electron chi connectivity index (χ3n) is 1.82. The first kappa shape index (κ1) is 9.26. The molecular weight excluding hydrogens is 194 g/mol. The van der Waals surface area contributed by atoms with E-state index in [-0.39, 0.29) is 5.88 Å². The molecule has 0 amide bonds. The molecule has 0 spiro atoms. The maximum absolute atomic E-state index is 11.1. The molecule has 1 aromatic heterocycles. The predicted octanol–water partition coefficient (Wildman–Crippen LogP) is 0.764. The molecule has 0 bridgehead atoms. The van der Waals surface area contributed by atoms with Gasteiger partial charge in [-0.1, -0.05) is 30.3 Å². The molecule has 2 N–H and O–H groups in total. The standard InChI is InChI=1S/C10H9N3O2/c14-9-7-13(10(15)12-9)11-6-8-4-2-1-3-5-8/h1-7,14H,(H,12,15). The van der Waals surface area contributed by atoms with Crippen LogP contribution < -0.4 is 5.69 Å². The van der Waals surface area contributed by atoms with Gasteiger partial charge in [0, 0.05) is 0 Å². The molecule has 0 saturated carbocycles. The first-order chi connectivity index (χ1) is 7.25. The highest BCUT2D eigenvalue weighted by Crippen LogP contribution is 1.98. The van der Waals surface area contributed by atoms with Crippen LogP contribution in [0.3, 0.4) is 0 Å². The fourth-order valence-corrected chi connectivity index (χ4v) is 1.13. The Morgan fingerprint density at radius 3 is 2.67 bits per heavy atom. The van der Waals surface area contributed by atoms with E-state index < -0.39 is 5.69 Å². The van der Waals surface area contributed by atoms with E-state index >= 15 is 0 Å². The SMILES string of the molecule is O=c1[nH]c(O)cn1N=Cc1ccccc1. The van der Waals surface area contributed by atoms with Crippen molar-refractivity contribution in [3.63, 3.8) is 0 Å². The molecule has 76 valence electrons. The topological polar surface area (TPSA) is 70.4 Å². The van der Waals surface area contributed by atoms with E-state index in [1.165, 1.54) is 12.4 Å². The molecule has 15 heavy (non-hydrogen) atoms. The molecule has 0 unspecified atom stereocenters. The van der Waals surface area contributed by atoms with Crippen molar-refractivity contribution in [3.05, 3.63) is 52.6 Å². The van der Waals surface area contributed by atoms with Crippen molar-refractivity contribution in [2.45, 2.75) is 0 Å². The van der Waals surface area contributed by atoms with Gasteiger partial charge in [-0.3, -0.25) is 4.98 Å². The molecule has 5 heteroatoms. The van der Waals surface area contributed by atoms with Crippen molar-refractivity contribution in [1.29, 1.82) is 0 Å². The van der Waals surface area contributed by atoms with Crippen molar-refractivity contribution in [2.24, 2.45) is 5.10 Å². The number of nitrogens with zero attached hydrogens (tertiary/aromatic N) is 2. The number of hydrogen-bond acceptors (Lipinski definition) is 3. The number of imidazole rings is 1. The lowest BCUT2D eigenvalue weighted by Gasteiger charge is -1.90. The second-order valence-corrected chi connectivity index (χ2v) is 2.94. The minimum Gasteiger partial charge on any atom is -0.493 e. The van der Waals surface area contributed by atoms with E-state index in [0.717, 1.165) is 10.2 Å². The van der Waals surface area contributed by atoms with Crippen LogP contribution in [0.1, 0.15) is 5.56 Å². The van der Waals surface area contributed by atoms with Gasteiger partial charge in [-0.05, 0) is 5.56 Å². The van der Waals surface area contributed by atoms with Crippen molar-refractivity contribution >= 4 is 6.21 Å². The summed E-state index contributed by atoms with van der Waals surface area (Å²) in [7, 11) is 0. The number of H-pyrrole nitrogens is 1. The summed E-state index contributed by atoms with van der Waals surface area (Å²) in [5.41, 5.74) is 0.407. The van der Waals surface area contributed by atoms with E-state index in [2.05, 4.69) is 10.1 Å². The molecule has 2 aromatic rings. The molecule has 0 fully saturated rings. The molecule has 0 radical (unpaired) electrons. The summed E-state index contributed by atoms with van der Waals surface area (Å²) >= 11 is 0. The van der Waals surface area contributed by atoms with Gasteiger partial charge in [-0.2, -0.15) is 9.78 Å². The Hall–Kier alpha value is -2.30. The van der Waals surface area contributed by atoms with Crippen molar-refractivity contribution in [3.8, 4) is 5.88 Å². The smallest absolute Gasteiger partial charge is 0.349 e. The molecule has 0 saturated heterocycles. The Balaban J connectivity index is 2.26. The van der Waals surface area contributed by atoms with Crippen LogP contribution in [0.4, 0.5) is 0 Å². The highest BCUT2D eigenvalue weighted by molar-refractivity contribution is 5.79. The Kier molecular flexibility index (Phi) is 2.37. The quantitative estimate of drug-likeness (QED) is 0.707. The Morgan fingerprint density at radius 1 is 1.33 bits per heavy atom. The Morgan fingerprint density at radius 2 is 2.07 bits per heavy atom. The van der Waals surface area contributed by atoms with Crippen LogP contribution in [0.2, 0.25) is 0 Å². The third-order valence-corrected chi connectivity index (χ3v) is 1.82. The Bertz CT molecular complexity index is 525. The maximum Gasteiger partial charge on any atom is 0.349 e. The zero-order valence-corrected chi connectivity index (χ0v) is 7.79. The van der Waals surface area contributed by atoms with Crippen LogP contribution in [-0.2, 0) is 0 Å². The molecule has 0 aliphatic heterocycles. The van der Waals surface area contributed by atoms with Gasteiger partial charge in [0.05, 0.1) is 12.4 Å². The molecule has 0 aliphatic rings. The minimum atomic E-state index is -0.473. The lowest BCUT2D eigenvalue weighted by molar-refractivity contribution is 0.455. The van der Waals surface area contributed by atoms with Gasteiger partial charge in [0.2, 0.25) is 5.88 Å². The van der Waals surface area contributed by atoms with Crippen LogP contribution in [0.25, 0.3) is 0 Å². The van der Waals surface area contributed by atoms with E-state index in [1.54, 1.807) is 0 Å². The molecule has 0 aliphatic carbocycles. The zero-order chi connectivity index (χ0) is 10.7. The van der Waals surface area contributed by atoms with Crippen LogP contribution >= 0.6 is 0 Å². The van der Waals surface area contributed by atoms with Gasteiger partial charge in [-0.15, -0.1) is 0 Å². The van der Waals surface area contributed by atoms with Gasteiger partial charge in [-0.25, -0.2) is 4.79 Å². The third kappa shape index (κ3) is 2.14. The molecule has 1 aromatic carbocycles. The van der Waals surface area contributed by atoms with Crippen LogP contribution in [-0.4, -0.2) is 21.0 Å². The average molecular weight is 203 g/mol. The molecule has 5 nitrogen and oxygen atoms in total. The fraction of sp³-hybridized carbons (Fsp3) is 0. The Labute approximate surface area is 85.3 Å². The number of hydrogen-bond donors (Lipinski definition) is 2. The summed E-state index contributed by atoms with van der Waals surface area (Å²) in [4.78, 5) is 13.3. The van der Waals surface area contributed by atoms with E-state index in [0.29, 0.717) is 0 Å². The lowest BCUT2D eigenvalue weighted by Crippen LogP contribution is -2.11. The summed E-state index contributed by atoms with van der Waals surface area (Å²) in [6, 6.07) is 9.37. The van der Waals surface area contributed by atoms with Gasteiger partial charge in [0.15, 0.2) is 0 Å².